The van der Waals surface area contributed by atoms with Crippen molar-refractivity contribution in [2.75, 3.05) is 25.0 Å². The van der Waals surface area contributed by atoms with Crippen molar-refractivity contribution in [1.82, 2.24) is 20.1 Å². The number of piperidine rings is 1. The average Bonchev–Trinajstić information content (AvgIpc) is 2.81. The summed E-state index contributed by atoms with van der Waals surface area (Å²) in [5, 5.41) is 8.91. The zero-order valence-corrected chi connectivity index (χ0v) is 10.9. The summed E-state index contributed by atoms with van der Waals surface area (Å²) in [6.45, 7) is 2.21. The molecule has 18 heavy (non-hydrogen) atoms. The van der Waals surface area contributed by atoms with Crippen LogP contribution in [0.5, 0.6) is 0 Å². The van der Waals surface area contributed by atoms with E-state index >= 15 is 0 Å². The second-order valence-corrected chi connectivity index (χ2v) is 4.95. The third kappa shape index (κ3) is 1.84. The molecule has 0 saturated carbocycles. The van der Waals surface area contributed by atoms with Gasteiger partial charge in [-0.1, -0.05) is 0 Å². The maximum atomic E-state index is 4.34. The van der Waals surface area contributed by atoms with Crippen LogP contribution in [0.1, 0.15) is 12.8 Å². The van der Waals surface area contributed by atoms with Crippen LogP contribution in [-0.4, -0.2) is 40.9 Å². The highest BCUT2D eigenvalue weighted by Gasteiger charge is 2.20. The Morgan fingerprint density at radius 3 is 2.83 bits per heavy atom. The molecule has 0 unspecified atom stereocenters. The first-order valence-electron chi connectivity index (χ1n) is 6.46. The molecule has 3 rings (SSSR count). The molecule has 2 aromatic heterocycles. The van der Waals surface area contributed by atoms with E-state index in [1.165, 1.54) is 23.9 Å². The number of anilines is 1. The molecule has 0 spiro atoms. The fourth-order valence-electron chi connectivity index (χ4n) is 2.72. The second kappa shape index (κ2) is 4.57. The van der Waals surface area contributed by atoms with Gasteiger partial charge in [-0.2, -0.15) is 5.10 Å². The van der Waals surface area contributed by atoms with E-state index in [1.54, 1.807) is 0 Å². The van der Waals surface area contributed by atoms with Gasteiger partial charge in [-0.25, -0.2) is 0 Å². The highest BCUT2D eigenvalue weighted by Crippen LogP contribution is 2.27. The van der Waals surface area contributed by atoms with Gasteiger partial charge in [0.1, 0.15) is 0 Å². The number of fused-ring (bicyclic) bond motifs is 1. The van der Waals surface area contributed by atoms with E-state index in [0.717, 1.165) is 18.6 Å². The maximum absolute atomic E-state index is 4.34. The Labute approximate surface area is 107 Å². The van der Waals surface area contributed by atoms with Crippen molar-refractivity contribution in [1.29, 1.82) is 0 Å². The first kappa shape index (κ1) is 11.5. The maximum Gasteiger partial charge on any atom is 0.0883 e. The number of hydrogen-bond donors (Lipinski definition) is 1. The molecule has 1 aliphatic heterocycles. The SMILES string of the molecule is CN(c1cncc2c1cnn2C)C1CCNCC1. The number of pyridine rings is 1. The van der Waals surface area contributed by atoms with Crippen LogP contribution in [0.2, 0.25) is 0 Å². The molecule has 0 aliphatic carbocycles. The zero-order valence-electron chi connectivity index (χ0n) is 10.9. The monoisotopic (exact) mass is 245 g/mol. The summed E-state index contributed by atoms with van der Waals surface area (Å²) in [7, 11) is 4.12. The molecule has 1 saturated heterocycles. The van der Waals surface area contributed by atoms with Gasteiger partial charge in [-0.15, -0.1) is 0 Å². The molecule has 0 radical (unpaired) electrons. The van der Waals surface area contributed by atoms with Gasteiger partial charge in [0.05, 0.1) is 29.8 Å². The molecule has 1 fully saturated rings. The summed E-state index contributed by atoms with van der Waals surface area (Å²) in [6.07, 6.45) is 8.14. The lowest BCUT2D eigenvalue weighted by Crippen LogP contribution is -2.41. The van der Waals surface area contributed by atoms with E-state index in [9.17, 15) is 0 Å². The van der Waals surface area contributed by atoms with E-state index in [1.807, 2.05) is 30.3 Å². The predicted octanol–water partition coefficient (Wildman–Crippen LogP) is 1.16. The summed E-state index contributed by atoms with van der Waals surface area (Å²) < 4.78 is 1.88. The van der Waals surface area contributed by atoms with E-state index in [0.29, 0.717) is 6.04 Å². The van der Waals surface area contributed by atoms with Gasteiger partial charge in [0.2, 0.25) is 0 Å². The smallest absolute Gasteiger partial charge is 0.0883 e. The molecule has 2 aromatic rings. The summed E-state index contributed by atoms with van der Waals surface area (Å²) in [4.78, 5) is 6.70. The molecule has 1 N–H and O–H groups in total. The zero-order chi connectivity index (χ0) is 12.5. The number of rotatable bonds is 2. The normalized spacial score (nSPS) is 17.2. The van der Waals surface area contributed by atoms with Crippen LogP contribution >= 0.6 is 0 Å². The Balaban J connectivity index is 1.97. The fraction of sp³-hybridized carbons (Fsp3) is 0.538. The molecule has 96 valence electrons. The lowest BCUT2D eigenvalue weighted by atomic mass is 10.0. The predicted molar refractivity (Wildman–Crippen MR) is 72.8 cm³/mol. The van der Waals surface area contributed by atoms with E-state index < -0.39 is 0 Å². The lowest BCUT2D eigenvalue weighted by Gasteiger charge is -2.33. The van der Waals surface area contributed by atoms with Crippen LogP contribution in [0.15, 0.2) is 18.6 Å². The number of hydrogen-bond acceptors (Lipinski definition) is 4. The summed E-state index contributed by atoms with van der Waals surface area (Å²) in [5.41, 5.74) is 2.28. The summed E-state index contributed by atoms with van der Waals surface area (Å²) in [5.74, 6) is 0. The van der Waals surface area contributed by atoms with Crippen LogP contribution < -0.4 is 10.2 Å². The molecular formula is C13H19N5. The van der Waals surface area contributed by atoms with Gasteiger partial charge in [-0.05, 0) is 25.9 Å². The van der Waals surface area contributed by atoms with Crippen LogP contribution in [-0.2, 0) is 7.05 Å². The topological polar surface area (TPSA) is 46.0 Å². The highest BCUT2D eigenvalue weighted by atomic mass is 15.3. The first-order chi connectivity index (χ1) is 8.77. The average molecular weight is 245 g/mol. The second-order valence-electron chi connectivity index (χ2n) is 4.95. The van der Waals surface area contributed by atoms with E-state index in [-0.39, 0.29) is 0 Å². The molecule has 0 amide bonds. The Morgan fingerprint density at radius 2 is 2.06 bits per heavy atom. The van der Waals surface area contributed by atoms with Gasteiger partial charge in [-0.3, -0.25) is 9.67 Å². The Hall–Kier alpha value is -1.62. The molecule has 0 aromatic carbocycles. The Morgan fingerprint density at radius 1 is 1.28 bits per heavy atom. The van der Waals surface area contributed by atoms with Gasteiger partial charge in [0, 0.05) is 25.5 Å². The minimum atomic E-state index is 0.596. The van der Waals surface area contributed by atoms with Crippen molar-refractivity contribution >= 4 is 16.6 Å². The molecule has 1 aliphatic rings. The van der Waals surface area contributed by atoms with Crippen molar-refractivity contribution < 1.29 is 0 Å². The number of nitrogens with zero attached hydrogens (tertiary/aromatic N) is 4. The van der Waals surface area contributed by atoms with Crippen molar-refractivity contribution in [2.45, 2.75) is 18.9 Å². The summed E-state index contributed by atoms with van der Waals surface area (Å²) >= 11 is 0. The number of aromatic nitrogens is 3. The number of aryl methyl sites for hydroxylation is 1. The van der Waals surface area contributed by atoms with Crippen LogP contribution in [0.25, 0.3) is 10.9 Å². The number of nitrogens with one attached hydrogen (secondary N) is 1. The summed E-state index contributed by atoms with van der Waals surface area (Å²) in [6, 6.07) is 0.596. The Bertz CT molecular complexity index is 541. The van der Waals surface area contributed by atoms with Gasteiger partial charge < -0.3 is 10.2 Å². The van der Waals surface area contributed by atoms with Crippen molar-refractivity contribution in [3.63, 3.8) is 0 Å². The van der Waals surface area contributed by atoms with Crippen LogP contribution in [0.4, 0.5) is 5.69 Å². The molecule has 3 heterocycles. The lowest BCUT2D eigenvalue weighted by molar-refractivity contribution is 0.444. The van der Waals surface area contributed by atoms with Crippen molar-refractivity contribution in [2.24, 2.45) is 7.05 Å². The van der Waals surface area contributed by atoms with Gasteiger partial charge in [0.15, 0.2) is 0 Å². The molecule has 5 nitrogen and oxygen atoms in total. The third-order valence-electron chi connectivity index (χ3n) is 3.89. The van der Waals surface area contributed by atoms with Gasteiger partial charge in [0.25, 0.3) is 0 Å². The molecule has 0 atom stereocenters. The first-order valence-corrected chi connectivity index (χ1v) is 6.46. The minimum absolute atomic E-state index is 0.596. The standard InChI is InChI=1S/C13H19N5/c1-17(10-3-5-14-6-4-10)12-8-15-9-13-11(12)7-16-18(13)2/h7-10,14H,3-6H2,1-2H3. The van der Waals surface area contributed by atoms with Crippen molar-refractivity contribution in [3.8, 4) is 0 Å². The minimum Gasteiger partial charge on any atom is -0.370 e. The van der Waals surface area contributed by atoms with Crippen molar-refractivity contribution in [3.05, 3.63) is 18.6 Å². The molecule has 0 bridgehead atoms. The van der Waals surface area contributed by atoms with Crippen LogP contribution in [0, 0.1) is 0 Å². The van der Waals surface area contributed by atoms with Gasteiger partial charge >= 0.3 is 0 Å². The van der Waals surface area contributed by atoms with E-state index in [4.69, 9.17) is 0 Å². The quantitative estimate of drug-likeness (QED) is 0.862. The largest absolute Gasteiger partial charge is 0.370 e. The highest BCUT2D eigenvalue weighted by molar-refractivity contribution is 5.90. The molecule has 5 heteroatoms. The van der Waals surface area contributed by atoms with Crippen LogP contribution in [0.3, 0.4) is 0 Å². The molecular weight excluding hydrogens is 226 g/mol. The fourth-order valence-corrected chi connectivity index (χ4v) is 2.72. The van der Waals surface area contributed by atoms with E-state index in [2.05, 4.69) is 27.3 Å². The third-order valence-corrected chi connectivity index (χ3v) is 3.89. The Kier molecular flexibility index (Phi) is 2.91.